The second-order valence-electron chi connectivity index (χ2n) is 5.64. The molecule has 2 aliphatic rings. The zero-order valence-corrected chi connectivity index (χ0v) is 14.2. The lowest BCUT2D eigenvalue weighted by atomic mass is 10.1. The van der Waals surface area contributed by atoms with Crippen LogP contribution >= 0.6 is 15.9 Å². The lowest BCUT2D eigenvalue weighted by Gasteiger charge is -2.22. The fourth-order valence-corrected chi connectivity index (χ4v) is 3.38. The number of methoxy groups -OCH3 is 1. The lowest BCUT2D eigenvalue weighted by molar-refractivity contribution is -0.152. The Bertz CT molecular complexity index is 557. The Hall–Kier alpha value is -1.11. The first-order valence-corrected chi connectivity index (χ1v) is 8.29. The average Bonchev–Trinajstić information content (AvgIpc) is 3.17. The second-order valence-corrected chi connectivity index (χ2v) is 6.50. The number of rotatable bonds is 4. The van der Waals surface area contributed by atoms with Crippen LogP contribution in [0.25, 0.3) is 0 Å². The SMILES string of the molecule is COc1cc(CCC(=O)N2CCC3(C2)OCCO3)ccc1Br. The number of benzene rings is 1. The fourth-order valence-electron chi connectivity index (χ4n) is 2.97. The molecule has 0 radical (unpaired) electrons. The van der Waals surface area contributed by atoms with Crippen LogP contribution in [0.5, 0.6) is 5.75 Å². The molecule has 0 bridgehead atoms. The van der Waals surface area contributed by atoms with E-state index in [2.05, 4.69) is 15.9 Å². The van der Waals surface area contributed by atoms with Crippen LogP contribution < -0.4 is 4.74 Å². The molecule has 3 rings (SSSR count). The molecule has 2 aliphatic heterocycles. The van der Waals surface area contributed by atoms with E-state index in [1.54, 1.807) is 7.11 Å². The summed E-state index contributed by atoms with van der Waals surface area (Å²) < 4.78 is 17.5. The highest BCUT2D eigenvalue weighted by atomic mass is 79.9. The molecule has 1 spiro atoms. The van der Waals surface area contributed by atoms with Gasteiger partial charge in [-0.1, -0.05) is 6.07 Å². The minimum Gasteiger partial charge on any atom is -0.496 e. The molecule has 2 fully saturated rings. The summed E-state index contributed by atoms with van der Waals surface area (Å²) in [6, 6.07) is 5.92. The Kier molecular flexibility index (Phi) is 4.70. The smallest absolute Gasteiger partial charge is 0.223 e. The molecule has 1 aromatic rings. The predicted molar refractivity (Wildman–Crippen MR) is 84.8 cm³/mol. The molecule has 2 saturated heterocycles. The van der Waals surface area contributed by atoms with Gasteiger partial charge in [-0.3, -0.25) is 4.79 Å². The second kappa shape index (κ2) is 6.56. The number of ether oxygens (including phenoxy) is 3. The lowest BCUT2D eigenvalue weighted by Crippen LogP contribution is -2.37. The summed E-state index contributed by atoms with van der Waals surface area (Å²) in [7, 11) is 1.64. The van der Waals surface area contributed by atoms with Crippen molar-refractivity contribution in [3.63, 3.8) is 0 Å². The first-order valence-electron chi connectivity index (χ1n) is 7.50. The van der Waals surface area contributed by atoms with Gasteiger partial charge in [0.1, 0.15) is 5.75 Å². The van der Waals surface area contributed by atoms with Gasteiger partial charge in [-0.2, -0.15) is 0 Å². The van der Waals surface area contributed by atoms with E-state index < -0.39 is 5.79 Å². The van der Waals surface area contributed by atoms with Crippen molar-refractivity contribution >= 4 is 21.8 Å². The molecule has 5 nitrogen and oxygen atoms in total. The Labute approximate surface area is 138 Å². The molecule has 0 saturated carbocycles. The van der Waals surface area contributed by atoms with E-state index in [-0.39, 0.29) is 5.91 Å². The quantitative estimate of drug-likeness (QED) is 0.817. The Morgan fingerprint density at radius 1 is 1.41 bits per heavy atom. The molecule has 22 heavy (non-hydrogen) atoms. The third-order valence-corrected chi connectivity index (χ3v) is 4.86. The van der Waals surface area contributed by atoms with Crippen molar-refractivity contribution in [1.29, 1.82) is 0 Å². The summed E-state index contributed by atoms with van der Waals surface area (Å²) in [4.78, 5) is 14.2. The van der Waals surface area contributed by atoms with E-state index in [0.717, 1.165) is 22.2 Å². The third kappa shape index (κ3) is 3.29. The van der Waals surface area contributed by atoms with Crippen molar-refractivity contribution in [2.24, 2.45) is 0 Å². The van der Waals surface area contributed by atoms with Gasteiger partial charge in [0.25, 0.3) is 0 Å². The number of nitrogens with zero attached hydrogens (tertiary/aromatic N) is 1. The highest BCUT2D eigenvalue weighted by Gasteiger charge is 2.44. The van der Waals surface area contributed by atoms with Crippen LogP contribution in [0.3, 0.4) is 0 Å². The molecule has 6 heteroatoms. The van der Waals surface area contributed by atoms with Crippen LogP contribution in [-0.4, -0.2) is 50.0 Å². The number of aryl methyl sites for hydroxylation is 1. The van der Waals surface area contributed by atoms with Crippen molar-refractivity contribution in [3.05, 3.63) is 28.2 Å². The summed E-state index contributed by atoms with van der Waals surface area (Å²) in [6.07, 6.45) is 1.96. The first kappa shape index (κ1) is 15.8. The zero-order valence-electron chi connectivity index (χ0n) is 12.6. The van der Waals surface area contributed by atoms with Crippen molar-refractivity contribution in [3.8, 4) is 5.75 Å². The highest BCUT2D eigenvalue weighted by Crippen LogP contribution is 2.31. The summed E-state index contributed by atoms with van der Waals surface area (Å²) in [5, 5.41) is 0. The molecule has 0 aromatic heterocycles. The molecular formula is C16H20BrNO4. The summed E-state index contributed by atoms with van der Waals surface area (Å²) in [5.74, 6) is 0.409. The van der Waals surface area contributed by atoms with Crippen molar-refractivity contribution in [1.82, 2.24) is 4.90 Å². The monoisotopic (exact) mass is 369 g/mol. The number of hydrogen-bond acceptors (Lipinski definition) is 4. The van der Waals surface area contributed by atoms with Gasteiger partial charge in [-0.25, -0.2) is 0 Å². The maximum absolute atomic E-state index is 12.4. The van der Waals surface area contributed by atoms with Gasteiger partial charge in [-0.05, 0) is 40.0 Å². The maximum atomic E-state index is 12.4. The van der Waals surface area contributed by atoms with Crippen LogP contribution in [0.4, 0.5) is 0 Å². The standard InChI is InChI=1S/C16H20BrNO4/c1-20-14-10-12(2-4-13(14)17)3-5-15(19)18-7-6-16(11-18)21-8-9-22-16/h2,4,10H,3,5-9,11H2,1H3. The van der Waals surface area contributed by atoms with Crippen LogP contribution in [-0.2, 0) is 20.7 Å². The average molecular weight is 370 g/mol. The number of hydrogen-bond donors (Lipinski definition) is 0. The molecule has 0 aliphatic carbocycles. The predicted octanol–water partition coefficient (Wildman–Crippen LogP) is 2.37. The van der Waals surface area contributed by atoms with Crippen LogP contribution in [0.15, 0.2) is 22.7 Å². The Morgan fingerprint density at radius 3 is 2.91 bits per heavy atom. The summed E-state index contributed by atoms with van der Waals surface area (Å²) >= 11 is 3.43. The van der Waals surface area contributed by atoms with Gasteiger partial charge in [-0.15, -0.1) is 0 Å². The number of carbonyl (C=O) groups excluding carboxylic acids is 1. The van der Waals surface area contributed by atoms with Gasteiger partial charge in [0.2, 0.25) is 5.91 Å². The topological polar surface area (TPSA) is 48.0 Å². The van der Waals surface area contributed by atoms with Gasteiger partial charge in [0, 0.05) is 19.4 Å². The van der Waals surface area contributed by atoms with Crippen molar-refractivity contribution in [2.45, 2.75) is 25.0 Å². The fraction of sp³-hybridized carbons (Fsp3) is 0.562. The molecule has 0 unspecified atom stereocenters. The number of halogens is 1. The van der Waals surface area contributed by atoms with Crippen LogP contribution in [0, 0.1) is 0 Å². The Balaban J connectivity index is 1.54. The van der Waals surface area contributed by atoms with E-state index in [4.69, 9.17) is 14.2 Å². The first-order chi connectivity index (χ1) is 10.6. The molecule has 1 aromatic carbocycles. The van der Waals surface area contributed by atoms with Gasteiger partial charge in [0.05, 0.1) is 31.3 Å². The van der Waals surface area contributed by atoms with Crippen molar-refractivity contribution < 1.29 is 19.0 Å². The van der Waals surface area contributed by atoms with E-state index >= 15 is 0 Å². The largest absolute Gasteiger partial charge is 0.496 e. The third-order valence-electron chi connectivity index (χ3n) is 4.20. The molecular weight excluding hydrogens is 350 g/mol. The van der Waals surface area contributed by atoms with E-state index in [9.17, 15) is 4.79 Å². The van der Waals surface area contributed by atoms with E-state index in [1.165, 1.54) is 0 Å². The molecule has 0 atom stereocenters. The Morgan fingerprint density at radius 2 is 2.18 bits per heavy atom. The minimum absolute atomic E-state index is 0.151. The van der Waals surface area contributed by atoms with Crippen LogP contribution in [0.2, 0.25) is 0 Å². The molecule has 0 N–H and O–H groups in total. The zero-order chi connectivity index (χ0) is 15.6. The molecule has 120 valence electrons. The number of amides is 1. The van der Waals surface area contributed by atoms with Gasteiger partial charge < -0.3 is 19.1 Å². The molecule has 1 amide bonds. The number of likely N-dealkylation sites (tertiary alicyclic amines) is 1. The number of carbonyl (C=O) groups is 1. The highest BCUT2D eigenvalue weighted by molar-refractivity contribution is 9.10. The maximum Gasteiger partial charge on any atom is 0.223 e. The normalized spacial score (nSPS) is 19.8. The van der Waals surface area contributed by atoms with Gasteiger partial charge >= 0.3 is 0 Å². The van der Waals surface area contributed by atoms with Crippen molar-refractivity contribution in [2.75, 3.05) is 33.4 Å². The summed E-state index contributed by atoms with van der Waals surface area (Å²) in [6.45, 7) is 2.51. The van der Waals surface area contributed by atoms with E-state index in [1.807, 2.05) is 23.1 Å². The van der Waals surface area contributed by atoms with Gasteiger partial charge in [0.15, 0.2) is 5.79 Å². The summed E-state index contributed by atoms with van der Waals surface area (Å²) in [5.41, 5.74) is 1.09. The van der Waals surface area contributed by atoms with E-state index in [0.29, 0.717) is 39.1 Å². The molecule has 2 heterocycles. The van der Waals surface area contributed by atoms with Crippen LogP contribution in [0.1, 0.15) is 18.4 Å². The minimum atomic E-state index is -0.531.